The van der Waals surface area contributed by atoms with Crippen LogP contribution in [0.5, 0.6) is 0 Å². The number of nitrogens with zero attached hydrogens (tertiary/aromatic N) is 1. The fourth-order valence-corrected chi connectivity index (χ4v) is 1.67. The van der Waals surface area contributed by atoms with Crippen LogP contribution in [-0.2, 0) is 0 Å². The minimum absolute atomic E-state index is 0.0774. The van der Waals surface area contributed by atoms with Gasteiger partial charge in [0.25, 0.3) is 0 Å². The average Bonchev–Trinajstić information content (AvgIpc) is 2.28. The first-order valence-electron chi connectivity index (χ1n) is 5.90. The Bertz CT molecular complexity index is 419. The SMILES string of the molecule is Cc1cc(NC(=O)NC(C)CO)ccc1N(C)C. The van der Waals surface area contributed by atoms with Gasteiger partial charge in [-0.2, -0.15) is 0 Å². The monoisotopic (exact) mass is 251 g/mol. The maximum absolute atomic E-state index is 11.6. The zero-order chi connectivity index (χ0) is 13.7. The topological polar surface area (TPSA) is 64.6 Å². The summed E-state index contributed by atoms with van der Waals surface area (Å²) in [5, 5.41) is 14.2. The van der Waals surface area contributed by atoms with Gasteiger partial charge in [-0.05, 0) is 37.6 Å². The molecule has 0 aliphatic heterocycles. The summed E-state index contributed by atoms with van der Waals surface area (Å²) in [5.74, 6) is 0. The predicted octanol–water partition coefficient (Wildman–Crippen LogP) is 1.56. The number of amides is 2. The fraction of sp³-hybridized carbons (Fsp3) is 0.462. The molecule has 0 bridgehead atoms. The molecule has 2 amide bonds. The van der Waals surface area contributed by atoms with E-state index < -0.39 is 0 Å². The Kier molecular flexibility index (Phi) is 4.97. The highest BCUT2D eigenvalue weighted by atomic mass is 16.3. The molecule has 0 aliphatic rings. The number of carbonyl (C=O) groups excluding carboxylic acids is 1. The summed E-state index contributed by atoms with van der Waals surface area (Å²) in [6.07, 6.45) is 0. The van der Waals surface area contributed by atoms with Crippen LogP contribution in [0.15, 0.2) is 18.2 Å². The van der Waals surface area contributed by atoms with Crippen LogP contribution in [-0.4, -0.2) is 37.9 Å². The van der Waals surface area contributed by atoms with Crippen molar-refractivity contribution in [3.05, 3.63) is 23.8 Å². The number of rotatable bonds is 4. The van der Waals surface area contributed by atoms with E-state index in [4.69, 9.17) is 5.11 Å². The Morgan fingerprint density at radius 1 is 1.44 bits per heavy atom. The Balaban J connectivity index is 2.69. The summed E-state index contributed by atoms with van der Waals surface area (Å²) in [7, 11) is 3.95. The molecule has 5 nitrogen and oxygen atoms in total. The minimum atomic E-state index is -0.312. The Morgan fingerprint density at radius 2 is 2.11 bits per heavy atom. The Hall–Kier alpha value is -1.75. The van der Waals surface area contributed by atoms with Gasteiger partial charge >= 0.3 is 6.03 Å². The van der Waals surface area contributed by atoms with Gasteiger partial charge in [-0.1, -0.05) is 0 Å². The molecule has 0 heterocycles. The highest BCUT2D eigenvalue weighted by molar-refractivity contribution is 5.89. The van der Waals surface area contributed by atoms with Crippen LogP contribution in [0.25, 0.3) is 0 Å². The van der Waals surface area contributed by atoms with Crippen molar-refractivity contribution in [2.75, 3.05) is 30.9 Å². The molecule has 1 rings (SSSR count). The van der Waals surface area contributed by atoms with Crippen molar-refractivity contribution in [2.45, 2.75) is 19.9 Å². The third-order valence-corrected chi connectivity index (χ3v) is 2.59. The molecule has 1 atom stereocenters. The summed E-state index contributed by atoms with van der Waals surface area (Å²) in [4.78, 5) is 13.6. The normalized spacial score (nSPS) is 11.8. The average molecular weight is 251 g/mol. The van der Waals surface area contributed by atoms with Crippen LogP contribution >= 0.6 is 0 Å². The van der Waals surface area contributed by atoms with E-state index >= 15 is 0 Å². The quantitative estimate of drug-likeness (QED) is 0.761. The van der Waals surface area contributed by atoms with Gasteiger partial charge in [-0.15, -0.1) is 0 Å². The van der Waals surface area contributed by atoms with Crippen LogP contribution in [0.4, 0.5) is 16.2 Å². The molecular weight excluding hydrogens is 230 g/mol. The van der Waals surface area contributed by atoms with Gasteiger partial charge < -0.3 is 20.6 Å². The zero-order valence-electron chi connectivity index (χ0n) is 11.3. The highest BCUT2D eigenvalue weighted by Gasteiger charge is 2.07. The van der Waals surface area contributed by atoms with E-state index in [1.165, 1.54) is 0 Å². The molecule has 0 saturated heterocycles. The maximum Gasteiger partial charge on any atom is 0.319 e. The van der Waals surface area contributed by atoms with E-state index in [2.05, 4.69) is 10.6 Å². The van der Waals surface area contributed by atoms with Gasteiger partial charge in [0.05, 0.1) is 12.6 Å². The van der Waals surface area contributed by atoms with Crippen molar-refractivity contribution in [1.82, 2.24) is 5.32 Å². The molecule has 0 radical (unpaired) electrons. The van der Waals surface area contributed by atoms with Crippen LogP contribution in [0.1, 0.15) is 12.5 Å². The third-order valence-electron chi connectivity index (χ3n) is 2.59. The van der Waals surface area contributed by atoms with Crippen LogP contribution in [0.3, 0.4) is 0 Å². The van der Waals surface area contributed by atoms with Crippen molar-refractivity contribution in [3.8, 4) is 0 Å². The van der Waals surface area contributed by atoms with E-state index in [-0.39, 0.29) is 18.7 Å². The number of nitrogens with one attached hydrogen (secondary N) is 2. The van der Waals surface area contributed by atoms with Gasteiger partial charge in [-0.25, -0.2) is 4.79 Å². The molecule has 1 aromatic rings. The van der Waals surface area contributed by atoms with Gasteiger partial charge in [0.15, 0.2) is 0 Å². The number of aliphatic hydroxyl groups excluding tert-OH is 1. The Morgan fingerprint density at radius 3 is 2.61 bits per heavy atom. The summed E-state index contributed by atoms with van der Waals surface area (Å²) >= 11 is 0. The largest absolute Gasteiger partial charge is 0.394 e. The van der Waals surface area contributed by atoms with Crippen LogP contribution < -0.4 is 15.5 Å². The predicted molar refractivity (Wildman–Crippen MR) is 74.2 cm³/mol. The van der Waals surface area contributed by atoms with Gasteiger partial charge in [0.2, 0.25) is 0 Å². The van der Waals surface area contributed by atoms with Crippen molar-refractivity contribution < 1.29 is 9.90 Å². The molecule has 0 aliphatic carbocycles. The van der Waals surface area contributed by atoms with E-state index in [9.17, 15) is 4.79 Å². The summed E-state index contributed by atoms with van der Waals surface area (Å²) < 4.78 is 0. The number of carbonyl (C=O) groups is 1. The van der Waals surface area contributed by atoms with Gasteiger partial charge in [0, 0.05) is 25.5 Å². The van der Waals surface area contributed by atoms with E-state index in [1.807, 2.05) is 44.1 Å². The molecule has 5 heteroatoms. The molecule has 0 saturated carbocycles. The van der Waals surface area contributed by atoms with Crippen molar-refractivity contribution in [1.29, 1.82) is 0 Å². The molecule has 0 fully saturated rings. The number of benzene rings is 1. The van der Waals surface area contributed by atoms with Crippen molar-refractivity contribution in [2.24, 2.45) is 0 Å². The highest BCUT2D eigenvalue weighted by Crippen LogP contribution is 2.21. The van der Waals surface area contributed by atoms with Crippen molar-refractivity contribution in [3.63, 3.8) is 0 Å². The molecule has 18 heavy (non-hydrogen) atoms. The lowest BCUT2D eigenvalue weighted by molar-refractivity contribution is 0.229. The van der Waals surface area contributed by atoms with E-state index in [0.717, 1.165) is 16.9 Å². The number of aliphatic hydroxyl groups is 1. The summed E-state index contributed by atoms with van der Waals surface area (Å²) in [6.45, 7) is 3.65. The van der Waals surface area contributed by atoms with E-state index in [1.54, 1.807) is 6.92 Å². The van der Waals surface area contributed by atoms with E-state index in [0.29, 0.717) is 0 Å². The lowest BCUT2D eigenvalue weighted by atomic mass is 10.1. The number of hydrogen-bond acceptors (Lipinski definition) is 3. The first kappa shape index (κ1) is 14.3. The lowest BCUT2D eigenvalue weighted by Crippen LogP contribution is -2.38. The zero-order valence-corrected chi connectivity index (χ0v) is 11.3. The number of anilines is 2. The molecule has 0 spiro atoms. The second-order valence-electron chi connectivity index (χ2n) is 4.58. The molecule has 3 N–H and O–H groups in total. The first-order valence-corrected chi connectivity index (χ1v) is 5.90. The molecule has 100 valence electrons. The molecule has 0 aromatic heterocycles. The minimum Gasteiger partial charge on any atom is -0.394 e. The molecule has 1 unspecified atom stereocenters. The molecule has 1 aromatic carbocycles. The summed E-state index contributed by atoms with van der Waals surface area (Å²) in [5.41, 5.74) is 2.94. The number of urea groups is 1. The standard InChI is InChI=1S/C13H21N3O2/c1-9-7-11(5-6-12(9)16(3)4)15-13(18)14-10(2)8-17/h5-7,10,17H,8H2,1-4H3,(H2,14,15,18). The second-order valence-corrected chi connectivity index (χ2v) is 4.58. The fourth-order valence-electron chi connectivity index (χ4n) is 1.67. The van der Waals surface area contributed by atoms with Gasteiger partial charge in [-0.3, -0.25) is 0 Å². The summed E-state index contributed by atoms with van der Waals surface area (Å²) in [6, 6.07) is 5.16. The van der Waals surface area contributed by atoms with Crippen LogP contribution in [0.2, 0.25) is 0 Å². The smallest absolute Gasteiger partial charge is 0.319 e. The molecular formula is C13H21N3O2. The second kappa shape index (κ2) is 6.26. The lowest BCUT2D eigenvalue weighted by Gasteiger charge is -2.17. The first-order chi connectivity index (χ1) is 8.43. The van der Waals surface area contributed by atoms with Crippen molar-refractivity contribution >= 4 is 17.4 Å². The number of hydrogen-bond donors (Lipinski definition) is 3. The van der Waals surface area contributed by atoms with Crippen LogP contribution in [0, 0.1) is 6.92 Å². The Labute approximate surface area is 108 Å². The number of aryl methyl sites for hydroxylation is 1. The third kappa shape index (κ3) is 3.92. The maximum atomic E-state index is 11.6. The van der Waals surface area contributed by atoms with Gasteiger partial charge in [0.1, 0.15) is 0 Å².